The first-order valence-electron chi connectivity index (χ1n) is 6.21. The molecule has 1 atom stereocenters. The van der Waals surface area contributed by atoms with E-state index in [1.165, 1.54) is 12.1 Å². The zero-order chi connectivity index (χ0) is 14.0. The Hall–Kier alpha value is -1.46. The monoisotopic (exact) mass is 299 g/mol. The summed E-state index contributed by atoms with van der Waals surface area (Å²) in [7, 11) is 0. The number of halogens is 2. The molecule has 0 amide bonds. The van der Waals surface area contributed by atoms with Crippen LogP contribution in [0.4, 0.5) is 4.39 Å². The molecule has 4 nitrogen and oxygen atoms in total. The normalized spacial score (nSPS) is 12.8. The SMILES string of the molecule is CC(C)(C)c1noc(C(CN)c2ccc(F)cc2)n1.Cl. The lowest BCUT2D eigenvalue weighted by Gasteiger charge is -2.12. The Bertz CT molecular complexity index is 548. The summed E-state index contributed by atoms with van der Waals surface area (Å²) in [4.78, 5) is 4.40. The van der Waals surface area contributed by atoms with Crippen LogP contribution < -0.4 is 5.73 Å². The highest BCUT2D eigenvalue weighted by Gasteiger charge is 2.25. The van der Waals surface area contributed by atoms with Gasteiger partial charge in [0.1, 0.15) is 5.82 Å². The van der Waals surface area contributed by atoms with Gasteiger partial charge in [-0.1, -0.05) is 38.1 Å². The van der Waals surface area contributed by atoms with Crippen molar-refractivity contribution in [2.45, 2.75) is 32.1 Å². The molecular weight excluding hydrogens is 281 g/mol. The van der Waals surface area contributed by atoms with Crippen LogP contribution in [0.2, 0.25) is 0 Å². The second-order valence-electron chi connectivity index (χ2n) is 5.55. The summed E-state index contributed by atoms with van der Waals surface area (Å²) in [5.74, 6) is 0.631. The van der Waals surface area contributed by atoms with Crippen LogP contribution in [0.3, 0.4) is 0 Å². The topological polar surface area (TPSA) is 64.9 Å². The molecule has 0 aliphatic carbocycles. The van der Waals surface area contributed by atoms with Crippen molar-refractivity contribution >= 4 is 12.4 Å². The third-order valence-corrected chi connectivity index (χ3v) is 2.92. The molecule has 2 aromatic rings. The summed E-state index contributed by atoms with van der Waals surface area (Å²) >= 11 is 0. The van der Waals surface area contributed by atoms with Crippen molar-refractivity contribution < 1.29 is 8.91 Å². The van der Waals surface area contributed by atoms with Crippen LogP contribution in [-0.2, 0) is 5.41 Å². The molecule has 0 bridgehead atoms. The minimum Gasteiger partial charge on any atom is -0.339 e. The van der Waals surface area contributed by atoms with Gasteiger partial charge in [-0.05, 0) is 17.7 Å². The lowest BCUT2D eigenvalue weighted by molar-refractivity contribution is 0.353. The number of nitrogens with zero attached hydrogens (tertiary/aromatic N) is 2. The lowest BCUT2D eigenvalue weighted by atomic mass is 9.95. The molecule has 0 aliphatic heterocycles. The van der Waals surface area contributed by atoms with Crippen molar-refractivity contribution in [1.29, 1.82) is 0 Å². The number of hydrogen-bond acceptors (Lipinski definition) is 4. The Morgan fingerprint density at radius 1 is 1.25 bits per heavy atom. The quantitative estimate of drug-likeness (QED) is 0.946. The number of nitrogens with two attached hydrogens (primary N) is 1. The molecule has 1 heterocycles. The van der Waals surface area contributed by atoms with Gasteiger partial charge in [-0.2, -0.15) is 4.98 Å². The predicted octanol–water partition coefficient (Wildman–Crippen LogP) is 3.02. The van der Waals surface area contributed by atoms with Gasteiger partial charge < -0.3 is 10.3 Å². The minimum atomic E-state index is -0.277. The minimum absolute atomic E-state index is 0. The molecule has 0 spiro atoms. The maximum atomic E-state index is 12.9. The highest BCUT2D eigenvalue weighted by Crippen LogP contribution is 2.25. The van der Waals surface area contributed by atoms with Gasteiger partial charge in [0.05, 0.1) is 5.92 Å². The van der Waals surface area contributed by atoms with Crippen molar-refractivity contribution in [1.82, 2.24) is 10.1 Å². The van der Waals surface area contributed by atoms with E-state index in [9.17, 15) is 4.39 Å². The van der Waals surface area contributed by atoms with Crippen molar-refractivity contribution in [3.05, 3.63) is 47.4 Å². The molecule has 6 heteroatoms. The van der Waals surface area contributed by atoms with Crippen molar-refractivity contribution in [2.75, 3.05) is 6.54 Å². The molecule has 0 radical (unpaired) electrons. The molecule has 0 fully saturated rings. The van der Waals surface area contributed by atoms with E-state index in [-0.39, 0.29) is 29.6 Å². The predicted molar refractivity (Wildman–Crippen MR) is 77.5 cm³/mol. The molecule has 2 N–H and O–H groups in total. The number of hydrogen-bond donors (Lipinski definition) is 1. The maximum Gasteiger partial charge on any atom is 0.235 e. The van der Waals surface area contributed by atoms with E-state index >= 15 is 0 Å². The summed E-state index contributed by atoms with van der Waals surface area (Å²) in [5.41, 5.74) is 6.46. The van der Waals surface area contributed by atoms with Crippen LogP contribution in [0.1, 0.15) is 44.0 Å². The first-order chi connectivity index (χ1) is 8.91. The summed E-state index contributed by atoms with van der Waals surface area (Å²) in [6.07, 6.45) is 0. The van der Waals surface area contributed by atoms with Gasteiger partial charge in [0, 0.05) is 12.0 Å². The first-order valence-corrected chi connectivity index (χ1v) is 6.21. The van der Waals surface area contributed by atoms with E-state index < -0.39 is 0 Å². The summed E-state index contributed by atoms with van der Waals surface area (Å²) in [6.45, 7) is 6.36. The van der Waals surface area contributed by atoms with Gasteiger partial charge in [0.15, 0.2) is 5.82 Å². The Balaban J connectivity index is 0.00000200. The fraction of sp³-hybridized carbons (Fsp3) is 0.429. The van der Waals surface area contributed by atoms with Gasteiger partial charge in [-0.15, -0.1) is 12.4 Å². The highest BCUT2D eigenvalue weighted by atomic mass is 35.5. The Morgan fingerprint density at radius 3 is 2.30 bits per heavy atom. The summed E-state index contributed by atoms with van der Waals surface area (Å²) in [5, 5.41) is 3.98. The van der Waals surface area contributed by atoms with E-state index in [0.717, 1.165) is 5.56 Å². The van der Waals surface area contributed by atoms with E-state index in [4.69, 9.17) is 10.3 Å². The summed E-state index contributed by atoms with van der Waals surface area (Å²) < 4.78 is 18.2. The third-order valence-electron chi connectivity index (χ3n) is 2.92. The van der Waals surface area contributed by atoms with Gasteiger partial charge in [0.2, 0.25) is 5.89 Å². The average molecular weight is 300 g/mol. The molecule has 0 aliphatic rings. The van der Waals surface area contributed by atoms with Crippen LogP contribution in [0, 0.1) is 5.82 Å². The second kappa shape index (κ2) is 6.33. The van der Waals surface area contributed by atoms with E-state index in [1.807, 2.05) is 20.8 Å². The van der Waals surface area contributed by atoms with Crippen molar-refractivity contribution in [2.24, 2.45) is 5.73 Å². The highest BCUT2D eigenvalue weighted by molar-refractivity contribution is 5.85. The van der Waals surface area contributed by atoms with E-state index in [2.05, 4.69) is 10.1 Å². The van der Waals surface area contributed by atoms with Crippen LogP contribution in [0.15, 0.2) is 28.8 Å². The fourth-order valence-electron chi connectivity index (χ4n) is 1.76. The van der Waals surface area contributed by atoms with Crippen LogP contribution in [-0.4, -0.2) is 16.7 Å². The maximum absolute atomic E-state index is 12.9. The van der Waals surface area contributed by atoms with Crippen LogP contribution >= 0.6 is 12.4 Å². The number of benzene rings is 1. The lowest BCUT2D eigenvalue weighted by Crippen LogP contribution is -2.16. The van der Waals surface area contributed by atoms with Crippen LogP contribution in [0.25, 0.3) is 0 Å². The molecule has 1 aromatic carbocycles. The van der Waals surface area contributed by atoms with E-state index in [1.54, 1.807) is 12.1 Å². The molecule has 0 saturated heterocycles. The largest absolute Gasteiger partial charge is 0.339 e. The van der Waals surface area contributed by atoms with Gasteiger partial charge in [0.25, 0.3) is 0 Å². The van der Waals surface area contributed by atoms with Gasteiger partial charge in [-0.25, -0.2) is 4.39 Å². The fourth-order valence-corrected chi connectivity index (χ4v) is 1.76. The van der Waals surface area contributed by atoms with Crippen LogP contribution in [0.5, 0.6) is 0 Å². The molecule has 1 unspecified atom stereocenters. The molecule has 2 rings (SSSR count). The Kier molecular flexibility index (Phi) is 5.25. The molecule has 110 valence electrons. The van der Waals surface area contributed by atoms with E-state index in [0.29, 0.717) is 18.3 Å². The summed E-state index contributed by atoms with van der Waals surface area (Å²) in [6, 6.07) is 6.18. The molecule has 1 aromatic heterocycles. The zero-order valence-electron chi connectivity index (χ0n) is 11.8. The molecule has 0 saturated carbocycles. The third kappa shape index (κ3) is 3.55. The standard InChI is InChI=1S/C14H18FN3O.ClH/c1-14(2,3)13-17-12(19-18-13)11(8-16)9-4-6-10(15)7-5-9;/h4-7,11H,8,16H2,1-3H3;1H. The second-order valence-corrected chi connectivity index (χ2v) is 5.55. The zero-order valence-corrected chi connectivity index (χ0v) is 12.6. The number of rotatable bonds is 3. The Labute approximate surface area is 124 Å². The first kappa shape index (κ1) is 16.6. The van der Waals surface area contributed by atoms with Gasteiger partial charge >= 0.3 is 0 Å². The number of aromatic nitrogens is 2. The smallest absolute Gasteiger partial charge is 0.235 e. The molecule has 20 heavy (non-hydrogen) atoms. The molecular formula is C14H19ClFN3O. The Morgan fingerprint density at radius 2 is 1.85 bits per heavy atom. The average Bonchev–Trinajstić information content (AvgIpc) is 2.82. The van der Waals surface area contributed by atoms with Gasteiger partial charge in [-0.3, -0.25) is 0 Å². The van der Waals surface area contributed by atoms with Crippen molar-refractivity contribution in [3.63, 3.8) is 0 Å². The van der Waals surface area contributed by atoms with Crippen molar-refractivity contribution in [3.8, 4) is 0 Å².